The molecular weight excluding hydrogens is 607 g/mol. The Hall–Kier alpha value is -5.08. The van der Waals surface area contributed by atoms with Crippen LogP contribution in [0, 0.1) is 0 Å². The van der Waals surface area contributed by atoms with Crippen molar-refractivity contribution < 1.29 is 19.1 Å². The number of likely N-dealkylation sites (tertiary alicyclic amines) is 1. The maximum absolute atomic E-state index is 13.7. The summed E-state index contributed by atoms with van der Waals surface area (Å²) >= 11 is 1.85. The Kier molecular flexibility index (Phi) is 10.2. The highest BCUT2D eigenvalue weighted by Crippen LogP contribution is 2.52. The Bertz CT molecular complexity index is 1640. The normalized spacial score (nSPS) is 16.0. The number of benzene rings is 4. The summed E-state index contributed by atoms with van der Waals surface area (Å²) in [5, 5.41) is 3.07. The summed E-state index contributed by atoms with van der Waals surface area (Å²) in [5.74, 6) is 0.510. The maximum atomic E-state index is 13.7. The first-order valence-corrected chi connectivity index (χ1v) is 16.5. The van der Waals surface area contributed by atoms with E-state index in [1.54, 1.807) is 30.3 Å². The van der Waals surface area contributed by atoms with Gasteiger partial charge < -0.3 is 19.7 Å². The van der Waals surface area contributed by atoms with Crippen LogP contribution in [-0.2, 0) is 16.1 Å². The number of aromatic nitrogens is 1. The van der Waals surface area contributed by atoms with Crippen LogP contribution in [0.15, 0.2) is 140 Å². The van der Waals surface area contributed by atoms with Crippen LogP contribution in [0.1, 0.15) is 39.0 Å². The summed E-state index contributed by atoms with van der Waals surface area (Å²) in [6.45, 7) is 0.888. The van der Waals surface area contributed by atoms with Crippen LogP contribution >= 0.6 is 11.8 Å². The fourth-order valence-corrected chi connectivity index (χ4v) is 7.98. The molecule has 5 aromatic rings. The number of amides is 2. The molecule has 1 aliphatic rings. The zero-order valence-corrected chi connectivity index (χ0v) is 27.0. The quantitative estimate of drug-likeness (QED) is 0.152. The van der Waals surface area contributed by atoms with Gasteiger partial charge in [0.2, 0.25) is 0 Å². The van der Waals surface area contributed by atoms with Gasteiger partial charge in [-0.1, -0.05) is 103 Å². The summed E-state index contributed by atoms with van der Waals surface area (Å²) in [6.07, 6.45) is 3.44. The van der Waals surface area contributed by atoms with Crippen LogP contribution < -0.4 is 10.1 Å². The molecule has 47 heavy (non-hydrogen) atoms. The average Bonchev–Trinajstić information content (AvgIpc) is 3.56. The molecule has 1 saturated heterocycles. The van der Waals surface area contributed by atoms with Gasteiger partial charge in [0, 0.05) is 30.7 Å². The average molecular weight is 644 g/mol. The van der Waals surface area contributed by atoms with Gasteiger partial charge >= 0.3 is 6.09 Å². The molecule has 0 bridgehead atoms. The lowest BCUT2D eigenvalue weighted by Crippen LogP contribution is -2.43. The Labute approximate surface area is 280 Å². The van der Waals surface area contributed by atoms with Crippen LogP contribution in [0.25, 0.3) is 0 Å². The van der Waals surface area contributed by atoms with E-state index in [9.17, 15) is 9.59 Å². The second-order valence-electron chi connectivity index (χ2n) is 11.4. The number of nitrogens with one attached hydrogen (secondary N) is 1. The molecule has 2 heterocycles. The van der Waals surface area contributed by atoms with Crippen LogP contribution in [0.4, 0.5) is 4.79 Å². The van der Waals surface area contributed by atoms with Gasteiger partial charge in [-0.05, 0) is 52.9 Å². The van der Waals surface area contributed by atoms with Crippen molar-refractivity contribution in [1.82, 2.24) is 15.2 Å². The predicted octanol–water partition coefficient (Wildman–Crippen LogP) is 7.33. The number of methoxy groups -OCH3 is 1. The molecule has 8 heteroatoms. The molecule has 0 radical (unpaired) electrons. The second-order valence-corrected chi connectivity index (χ2v) is 12.9. The van der Waals surface area contributed by atoms with E-state index in [1.807, 2.05) is 54.2 Å². The van der Waals surface area contributed by atoms with E-state index in [1.165, 1.54) is 6.20 Å². The molecule has 7 nitrogen and oxygen atoms in total. The Morgan fingerprint density at radius 2 is 1.43 bits per heavy atom. The van der Waals surface area contributed by atoms with Crippen molar-refractivity contribution in [1.29, 1.82) is 0 Å². The van der Waals surface area contributed by atoms with Crippen LogP contribution in [-0.4, -0.2) is 53.4 Å². The van der Waals surface area contributed by atoms with Gasteiger partial charge in [0.05, 0.1) is 23.5 Å². The van der Waals surface area contributed by atoms with Crippen molar-refractivity contribution in [3.63, 3.8) is 0 Å². The third kappa shape index (κ3) is 7.34. The highest BCUT2D eigenvalue weighted by Gasteiger charge is 2.44. The third-order valence-corrected chi connectivity index (χ3v) is 10.2. The SMILES string of the molecule is COc1ccc(COC(=O)N2C[C@@H](SC(c3ccccc3)(c3ccccc3)c3ccccc3)C[C@H]2CNC(=O)c2cccnc2)cc1. The largest absolute Gasteiger partial charge is 0.497 e. The van der Waals surface area contributed by atoms with Crippen LogP contribution in [0.5, 0.6) is 5.75 Å². The molecule has 0 unspecified atom stereocenters. The lowest BCUT2D eigenvalue weighted by Gasteiger charge is -2.37. The van der Waals surface area contributed by atoms with Gasteiger partial charge in [-0.2, -0.15) is 0 Å². The van der Waals surface area contributed by atoms with Gasteiger partial charge in [0.25, 0.3) is 5.91 Å². The first-order chi connectivity index (χ1) is 23.1. The van der Waals surface area contributed by atoms with Gasteiger partial charge in [-0.25, -0.2) is 4.79 Å². The Morgan fingerprint density at radius 1 is 0.830 bits per heavy atom. The summed E-state index contributed by atoms with van der Waals surface area (Å²) < 4.78 is 10.6. The zero-order chi connectivity index (χ0) is 32.5. The van der Waals surface area contributed by atoms with Gasteiger partial charge in [-0.15, -0.1) is 11.8 Å². The minimum absolute atomic E-state index is 0.0319. The molecule has 0 spiro atoms. The molecule has 4 aromatic carbocycles. The van der Waals surface area contributed by atoms with Gasteiger partial charge in [0.1, 0.15) is 12.4 Å². The molecule has 2 atom stereocenters. The van der Waals surface area contributed by atoms with E-state index in [2.05, 4.69) is 83.1 Å². The number of rotatable bonds is 11. The van der Waals surface area contributed by atoms with Crippen molar-refractivity contribution in [2.75, 3.05) is 20.2 Å². The lowest BCUT2D eigenvalue weighted by molar-refractivity contribution is 0.0860. The molecule has 238 valence electrons. The zero-order valence-electron chi connectivity index (χ0n) is 26.2. The standard InChI is InChI=1S/C39H37N3O4S/c1-45-35-21-19-29(20-22-35)28-46-38(44)42-27-36(24-34(42)26-41-37(43)30-12-11-23-40-25-30)47-39(31-13-5-2-6-14-31,32-15-7-3-8-16-32)33-17-9-4-10-18-33/h2-23,25,34,36H,24,26-28H2,1H3,(H,41,43)/t34-,36-/m0/s1. The number of carbonyl (C=O) groups excluding carboxylic acids is 2. The third-order valence-electron chi connectivity index (χ3n) is 8.44. The van der Waals surface area contributed by atoms with Gasteiger partial charge in [0.15, 0.2) is 0 Å². The molecule has 1 N–H and O–H groups in total. The van der Waals surface area contributed by atoms with Crippen molar-refractivity contribution in [3.8, 4) is 5.75 Å². The maximum Gasteiger partial charge on any atom is 0.410 e. The van der Waals surface area contributed by atoms with Crippen molar-refractivity contribution in [2.24, 2.45) is 0 Å². The number of nitrogens with zero attached hydrogens (tertiary/aromatic N) is 2. The van der Waals surface area contributed by atoms with E-state index in [0.29, 0.717) is 18.5 Å². The molecular formula is C39H37N3O4S. The monoisotopic (exact) mass is 643 g/mol. The van der Waals surface area contributed by atoms with E-state index in [-0.39, 0.29) is 30.4 Å². The highest BCUT2D eigenvalue weighted by molar-refractivity contribution is 8.01. The summed E-state index contributed by atoms with van der Waals surface area (Å²) in [7, 11) is 1.62. The smallest absolute Gasteiger partial charge is 0.410 e. The van der Waals surface area contributed by atoms with Crippen molar-refractivity contribution in [3.05, 3.63) is 168 Å². The molecule has 0 saturated carbocycles. The Morgan fingerprint density at radius 3 is 1.96 bits per heavy atom. The first kappa shape index (κ1) is 31.9. The minimum atomic E-state index is -0.541. The second kappa shape index (κ2) is 15.0. The highest BCUT2D eigenvalue weighted by atomic mass is 32.2. The number of hydrogen-bond acceptors (Lipinski definition) is 6. The molecule has 2 amide bonds. The predicted molar refractivity (Wildman–Crippen MR) is 185 cm³/mol. The van der Waals surface area contributed by atoms with Crippen LogP contribution in [0.3, 0.4) is 0 Å². The summed E-state index contributed by atoms with van der Waals surface area (Å²) in [4.78, 5) is 32.6. The van der Waals surface area contributed by atoms with E-state index in [4.69, 9.17) is 9.47 Å². The molecule has 6 rings (SSSR count). The molecule has 1 fully saturated rings. The molecule has 1 aliphatic heterocycles. The van der Waals surface area contributed by atoms with Gasteiger partial charge in [-0.3, -0.25) is 9.78 Å². The number of carbonyl (C=O) groups is 2. The number of thioether (sulfide) groups is 1. The van der Waals surface area contributed by atoms with Crippen molar-refractivity contribution in [2.45, 2.75) is 29.1 Å². The summed E-state index contributed by atoms with van der Waals surface area (Å²) in [6, 6.07) is 42.2. The summed E-state index contributed by atoms with van der Waals surface area (Å²) in [5.41, 5.74) is 4.81. The molecule has 0 aliphatic carbocycles. The fourth-order valence-electron chi connectivity index (χ4n) is 6.11. The fraction of sp³-hybridized carbons (Fsp3) is 0.205. The minimum Gasteiger partial charge on any atom is -0.497 e. The van der Waals surface area contributed by atoms with Crippen LogP contribution in [0.2, 0.25) is 0 Å². The first-order valence-electron chi connectivity index (χ1n) is 15.7. The van der Waals surface area contributed by atoms with Crippen molar-refractivity contribution >= 4 is 23.8 Å². The number of ether oxygens (including phenoxy) is 2. The molecule has 1 aromatic heterocycles. The van der Waals surface area contributed by atoms with E-state index in [0.717, 1.165) is 28.0 Å². The lowest BCUT2D eigenvalue weighted by atomic mass is 9.84. The van der Waals surface area contributed by atoms with E-state index >= 15 is 0 Å². The topological polar surface area (TPSA) is 80.8 Å². The van der Waals surface area contributed by atoms with E-state index < -0.39 is 10.8 Å². The number of hydrogen-bond donors (Lipinski definition) is 1. The number of pyridine rings is 1. The Balaban J connectivity index is 1.29.